The number of carbonyl (C=O) groups excluding carboxylic acids is 1. The van der Waals surface area contributed by atoms with Crippen molar-refractivity contribution in [3.63, 3.8) is 0 Å². The molecule has 82 valence electrons. The Morgan fingerprint density at radius 3 is 2.82 bits per heavy atom. The van der Waals surface area contributed by atoms with E-state index in [2.05, 4.69) is 9.97 Å². The van der Waals surface area contributed by atoms with Crippen molar-refractivity contribution in [1.82, 2.24) is 9.97 Å². The predicted octanol–water partition coefficient (Wildman–Crippen LogP) is 2.79. The van der Waals surface area contributed by atoms with Gasteiger partial charge < -0.3 is 4.98 Å². The number of nitrogens with zero attached hydrogens (tertiary/aromatic N) is 1. The highest BCUT2D eigenvalue weighted by Crippen LogP contribution is 2.20. The minimum Gasteiger partial charge on any atom is -0.360 e. The summed E-state index contributed by atoms with van der Waals surface area (Å²) in [6, 6.07) is 11.3. The quantitative estimate of drug-likeness (QED) is 0.677. The van der Waals surface area contributed by atoms with Gasteiger partial charge in [-0.25, -0.2) is 0 Å². The number of benzene rings is 1. The number of ketones is 1. The van der Waals surface area contributed by atoms with Crippen LogP contribution in [0, 0.1) is 0 Å². The fourth-order valence-electron chi connectivity index (χ4n) is 1.91. The van der Waals surface area contributed by atoms with Gasteiger partial charge in [0.15, 0.2) is 5.78 Å². The average molecular weight is 222 g/mol. The minimum absolute atomic E-state index is 0.00412. The topological polar surface area (TPSA) is 45.8 Å². The number of pyridine rings is 1. The highest BCUT2D eigenvalue weighted by molar-refractivity contribution is 6.16. The maximum absolute atomic E-state index is 12.3. The normalized spacial score (nSPS) is 10.6. The van der Waals surface area contributed by atoms with Crippen LogP contribution >= 0.6 is 0 Å². The standard InChI is InChI=1S/C14H10N2O/c17-14(10-4-3-7-15-8-10)12-9-16-13-6-2-1-5-11(12)13/h1-9,16H. The maximum Gasteiger partial charge on any atom is 0.196 e. The third-order valence-electron chi connectivity index (χ3n) is 2.76. The van der Waals surface area contributed by atoms with Crippen LogP contribution in [-0.2, 0) is 0 Å². The molecule has 1 aromatic carbocycles. The Morgan fingerprint density at radius 1 is 1.12 bits per heavy atom. The van der Waals surface area contributed by atoms with Crippen molar-refractivity contribution in [3.05, 3.63) is 66.1 Å². The molecule has 0 fully saturated rings. The summed E-state index contributed by atoms with van der Waals surface area (Å²) in [7, 11) is 0. The van der Waals surface area contributed by atoms with Crippen LogP contribution in [0.25, 0.3) is 10.9 Å². The van der Waals surface area contributed by atoms with E-state index >= 15 is 0 Å². The molecule has 0 saturated carbocycles. The van der Waals surface area contributed by atoms with E-state index in [4.69, 9.17) is 0 Å². The number of aromatic amines is 1. The molecular formula is C14H10N2O. The molecule has 0 aliphatic carbocycles. The highest BCUT2D eigenvalue weighted by atomic mass is 16.1. The Kier molecular flexibility index (Phi) is 2.22. The van der Waals surface area contributed by atoms with Crippen LogP contribution < -0.4 is 0 Å². The van der Waals surface area contributed by atoms with Crippen molar-refractivity contribution in [2.45, 2.75) is 0 Å². The van der Waals surface area contributed by atoms with Crippen LogP contribution in [-0.4, -0.2) is 15.8 Å². The number of hydrogen-bond acceptors (Lipinski definition) is 2. The fourth-order valence-corrected chi connectivity index (χ4v) is 1.91. The zero-order valence-corrected chi connectivity index (χ0v) is 9.05. The summed E-state index contributed by atoms with van der Waals surface area (Å²) >= 11 is 0. The Bertz CT molecular complexity index is 671. The van der Waals surface area contributed by atoms with Crippen molar-refractivity contribution in [2.24, 2.45) is 0 Å². The molecule has 0 aliphatic heterocycles. The molecule has 0 amide bonds. The summed E-state index contributed by atoms with van der Waals surface area (Å²) in [5, 5.41) is 0.946. The lowest BCUT2D eigenvalue weighted by atomic mass is 10.0. The van der Waals surface area contributed by atoms with Gasteiger partial charge in [0, 0.05) is 40.6 Å². The molecule has 0 bridgehead atoms. The monoisotopic (exact) mass is 222 g/mol. The summed E-state index contributed by atoms with van der Waals surface area (Å²) < 4.78 is 0. The molecule has 0 aliphatic rings. The van der Waals surface area contributed by atoms with Crippen LogP contribution in [0.4, 0.5) is 0 Å². The zero-order valence-electron chi connectivity index (χ0n) is 9.05. The third kappa shape index (κ3) is 1.61. The Labute approximate surface area is 98.1 Å². The van der Waals surface area contributed by atoms with E-state index in [1.807, 2.05) is 24.3 Å². The van der Waals surface area contributed by atoms with E-state index in [1.54, 1.807) is 30.7 Å². The molecule has 3 nitrogen and oxygen atoms in total. The van der Waals surface area contributed by atoms with Gasteiger partial charge in [-0.05, 0) is 18.2 Å². The first-order valence-electron chi connectivity index (χ1n) is 5.37. The first kappa shape index (κ1) is 9.78. The molecule has 0 atom stereocenters. The van der Waals surface area contributed by atoms with Gasteiger partial charge in [0.25, 0.3) is 0 Å². The van der Waals surface area contributed by atoms with Gasteiger partial charge in [-0.3, -0.25) is 9.78 Å². The number of nitrogens with one attached hydrogen (secondary N) is 1. The SMILES string of the molecule is O=C(c1cccnc1)c1c[nH]c2ccccc12. The number of aromatic nitrogens is 2. The van der Waals surface area contributed by atoms with Crippen LogP contribution in [0.5, 0.6) is 0 Å². The van der Waals surface area contributed by atoms with Crippen LogP contribution in [0.2, 0.25) is 0 Å². The van der Waals surface area contributed by atoms with Gasteiger partial charge in [-0.15, -0.1) is 0 Å². The summed E-state index contributed by atoms with van der Waals surface area (Å²) in [6.07, 6.45) is 5.00. The van der Waals surface area contributed by atoms with E-state index in [1.165, 1.54) is 0 Å². The van der Waals surface area contributed by atoms with Crippen LogP contribution in [0.1, 0.15) is 15.9 Å². The van der Waals surface area contributed by atoms with Gasteiger partial charge in [-0.1, -0.05) is 18.2 Å². The van der Waals surface area contributed by atoms with E-state index in [0.717, 1.165) is 10.9 Å². The highest BCUT2D eigenvalue weighted by Gasteiger charge is 2.13. The molecule has 17 heavy (non-hydrogen) atoms. The molecular weight excluding hydrogens is 212 g/mol. The van der Waals surface area contributed by atoms with Crippen molar-refractivity contribution < 1.29 is 4.79 Å². The minimum atomic E-state index is -0.00412. The second-order valence-electron chi connectivity index (χ2n) is 3.82. The first-order chi connectivity index (χ1) is 8.36. The van der Waals surface area contributed by atoms with E-state index in [0.29, 0.717) is 11.1 Å². The molecule has 2 aromatic heterocycles. The van der Waals surface area contributed by atoms with Gasteiger partial charge in [0.1, 0.15) is 0 Å². The van der Waals surface area contributed by atoms with Crippen molar-refractivity contribution in [3.8, 4) is 0 Å². The number of carbonyl (C=O) groups is 1. The Hall–Kier alpha value is -2.42. The second kappa shape index (κ2) is 3.87. The smallest absolute Gasteiger partial charge is 0.196 e. The van der Waals surface area contributed by atoms with Crippen molar-refractivity contribution in [2.75, 3.05) is 0 Å². The number of fused-ring (bicyclic) bond motifs is 1. The van der Waals surface area contributed by atoms with Gasteiger partial charge in [0.2, 0.25) is 0 Å². The van der Waals surface area contributed by atoms with Crippen molar-refractivity contribution in [1.29, 1.82) is 0 Å². The first-order valence-corrected chi connectivity index (χ1v) is 5.37. The molecule has 0 saturated heterocycles. The Balaban J connectivity index is 2.14. The number of rotatable bonds is 2. The molecule has 0 spiro atoms. The van der Waals surface area contributed by atoms with Gasteiger partial charge in [-0.2, -0.15) is 0 Å². The molecule has 3 aromatic rings. The Morgan fingerprint density at radius 2 is 2.00 bits per heavy atom. The number of para-hydroxylation sites is 1. The average Bonchev–Trinajstić information content (AvgIpc) is 2.83. The molecule has 3 rings (SSSR count). The van der Waals surface area contributed by atoms with Crippen LogP contribution in [0.15, 0.2) is 55.0 Å². The molecule has 0 radical (unpaired) electrons. The third-order valence-corrected chi connectivity index (χ3v) is 2.76. The summed E-state index contributed by atoms with van der Waals surface area (Å²) in [6.45, 7) is 0. The summed E-state index contributed by atoms with van der Waals surface area (Å²) in [5.74, 6) is -0.00412. The molecule has 2 heterocycles. The lowest BCUT2D eigenvalue weighted by Crippen LogP contribution is -2.00. The van der Waals surface area contributed by atoms with E-state index in [-0.39, 0.29) is 5.78 Å². The van der Waals surface area contributed by atoms with Gasteiger partial charge in [0.05, 0.1) is 0 Å². The molecule has 0 unspecified atom stereocenters. The van der Waals surface area contributed by atoms with E-state index < -0.39 is 0 Å². The molecule has 1 N–H and O–H groups in total. The molecule has 3 heteroatoms. The summed E-state index contributed by atoms with van der Waals surface area (Å²) in [4.78, 5) is 19.3. The number of H-pyrrole nitrogens is 1. The summed E-state index contributed by atoms with van der Waals surface area (Å²) in [5.41, 5.74) is 2.27. The van der Waals surface area contributed by atoms with Crippen LogP contribution in [0.3, 0.4) is 0 Å². The van der Waals surface area contributed by atoms with E-state index in [9.17, 15) is 4.79 Å². The predicted molar refractivity (Wildman–Crippen MR) is 66.0 cm³/mol. The largest absolute Gasteiger partial charge is 0.360 e. The second-order valence-corrected chi connectivity index (χ2v) is 3.82. The maximum atomic E-state index is 12.3. The number of hydrogen-bond donors (Lipinski definition) is 1. The van der Waals surface area contributed by atoms with Crippen molar-refractivity contribution >= 4 is 16.7 Å². The van der Waals surface area contributed by atoms with Gasteiger partial charge >= 0.3 is 0 Å². The fraction of sp³-hybridized carbons (Fsp3) is 0. The lowest BCUT2D eigenvalue weighted by molar-refractivity contribution is 0.104. The lowest BCUT2D eigenvalue weighted by Gasteiger charge is -1.98. The zero-order chi connectivity index (χ0) is 11.7.